The van der Waals surface area contributed by atoms with Crippen LogP contribution in [0.1, 0.15) is 22.3 Å². The zero-order valence-electron chi connectivity index (χ0n) is 25.5. The summed E-state index contributed by atoms with van der Waals surface area (Å²) in [5.74, 6) is -0.722. The first-order valence-corrected chi connectivity index (χ1v) is 16.3. The maximum atomic E-state index is 12.9. The molecule has 4 rings (SSSR count). The number of quaternary nitrogens is 2. The monoisotopic (exact) mass is 660 g/mol. The Labute approximate surface area is 285 Å². The predicted octanol–water partition coefficient (Wildman–Crippen LogP) is -2.29. The second kappa shape index (κ2) is 14.1. The van der Waals surface area contributed by atoms with Gasteiger partial charge in [-0.05, 0) is 76.6 Å². The molecule has 6 N–H and O–H groups in total. The third kappa shape index (κ3) is 8.01. The standard InChI is InChI=1S/C31H34N4O7S2.Na/c1-20-25(5-4-6-27(20)43(37,38)39)30(36)34-24-10-7-21(8-11-24)29(22-13-15-31(18-32,19-33)16-14-22)23-9-12-26(35(2)3)28(17-23)44(40,41)42;/h4-17H,18-19,32-33H2,1-3H3,(H,34,36)(H,37,38,39)(H,40,41,42);/q;+1/p-1. The molecule has 0 aromatic heterocycles. The molecule has 0 saturated heterocycles. The van der Waals surface area contributed by atoms with Crippen LogP contribution in [-0.4, -0.2) is 59.0 Å². The minimum absolute atomic E-state index is 0. The molecule has 45 heavy (non-hydrogen) atoms. The molecule has 1 aliphatic rings. The van der Waals surface area contributed by atoms with Crippen molar-refractivity contribution in [3.05, 3.63) is 113 Å². The van der Waals surface area contributed by atoms with Gasteiger partial charge in [0.1, 0.15) is 25.7 Å². The maximum Gasteiger partial charge on any atom is 1.00 e. The smallest absolute Gasteiger partial charge is 0.858 e. The Bertz CT molecular complexity index is 1910. The minimum atomic E-state index is -4.81. The molecule has 0 fully saturated rings. The van der Waals surface area contributed by atoms with Crippen molar-refractivity contribution in [2.75, 3.05) is 32.1 Å². The number of anilines is 1. The number of hydrogen-bond acceptors (Lipinski definition) is 9. The van der Waals surface area contributed by atoms with E-state index in [1.165, 1.54) is 25.1 Å². The van der Waals surface area contributed by atoms with Crippen LogP contribution in [0.2, 0.25) is 0 Å². The van der Waals surface area contributed by atoms with Gasteiger partial charge in [-0.3, -0.25) is 4.99 Å². The van der Waals surface area contributed by atoms with Crippen LogP contribution in [0.15, 0.2) is 105 Å². The van der Waals surface area contributed by atoms with Gasteiger partial charge in [0.25, 0.3) is 0 Å². The fourth-order valence-corrected chi connectivity index (χ4v) is 6.49. The van der Waals surface area contributed by atoms with Gasteiger partial charge in [0.2, 0.25) is 0 Å². The van der Waals surface area contributed by atoms with Gasteiger partial charge in [-0.1, -0.05) is 54.6 Å². The van der Waals surface area contributed by atoms with Crippen LogP contribution in [0.4, 0.5) is 11.4 Å². The van der Waals surface area contributed by atoms with Crippen LogP contribution in [0, 0.1) is 12.3 Å². The quantitative estimate of drug-likeness (QED) is 0.110. The van der Waals surface area contributed by atoms with Crippen molar-refractivity contribution in [3.8, 4) is 0 Å². The predicted molar refractivity (Wildman–Crippen MR) is 163 cm³/mol. The number of rotatable bonds is 9. The van der Waals surface area contributed by atoms with E-state index in [1.807, 2.05) is 24.3 Å². The fraction of sp³-hybridized carbons (Fsp3) is 0.194. The third-order valence-electron chi connectivity index (χ3n) is 7.58. The SMILES string of the molecule is Cc1c(C([O-])=Nc2ccc(C(=C3C=CC(C[NH3+])(C[NH3+])C=C3)c3ccc(N(C)C)c(S(=O)(=O)[O-])c3)cc2)cccc1S(=O)(=O)[O-].[Na+]. The molecule has 3 aromatic carbocycles. The number of nitrogens with zero attached hydrogens (tertiary/aromatic N) is 2. The van der Waals surface area contributed by atoms with Crippen LogP contribution in [0.25, 0.3) is 5.57 Å². The summed E-state index contributed by atoms with van der Waals surface area (Å²) in [6.45, 7) is 2.56. The Morgan fingerprint density at radius 2 is 1.40 bits per heavy atom. The molecule has 0 spiro atoms. The van der Waals surface area contributed by atoms with Crippen LogP contribution >= 0.6 is 0 Å². The molecule has 14 heteroatoms. The van der Waals surface area contributed by atoms with Crippen LogP contribution in [-0.2, 0) is 20.2 Å². The van der Waals surface area contributed by atoms with Crippen molar-refractivity contribution >= 4 is 43.1 Å². The van der Waals surface area contributed by atoms with E-state index in [0.717, 1.165) is 11.6 Å². The van der Waals surface area contributed by atoms with E-state index < -0.39 is 31.0 Å². The van der Waals surface area contributed by atoms with E-state index in [4.69, 9.17) is 0 Å². The Hall–Kier alpha value is -3.11. The summed E-state index contributed by atoms with van der Waals surface area (Å²) in [6, 6.07) is 15.1. The number of hydrogen-bond donors (Lipinski definition) is 2. The molecule has 0 amide bonds. The summed E-state index contributed by atoms with van der Waals surface area (Å²) in [5, 5.41) is 12.9. The Morgan fingerprint density at radius 1 is 0.844 bits per heavy atom. The topological polar surface area (TPSA) is 208 Å². The van der Waals surface area contributed by atoms with Crippen molar-refractivity contribution in [1.29, 1.82) is 0 Å². The Kier molecular flexibility index (Phi) is 11.4. The van der Waals surface area contributed by atoms with E-state index >= 15 is 0 Å². The zero-order valence-corrected chi connectivity index (χ0v) is 29.1. The molecule has 232 valence electrons. The summed E-state index contributed by atoms with van der Waals surface area (Å²) in [4.78, 5) is 4.80. The molecule has 0 saturated carbocycles. The summed E-state index contributed by atoms with van der Waals surface area (Å²) >= 11 is 0. The second-order valence-corrected chi connectivity index (χ2v) is 13.3. The molecule has 0 aliphatic heterocycles. The first-order chi connectivity index (χ1) is 20.6. The molecule has 11 nitrogen and oxygen atoms in total. The molecule has 3 aromatic rings. The zero-order chi connectivity index (χ0) is 32.4. The number of benzene rings is 3. The van der Waals surface area contributed by atoms with Gasteiger partial charge in [0, 0.05) is 14.1 Å². The minimum Gasteiger partial charge on any atom is -0.858 e. The molecular formula is C31H33N4NaO7S2. The normalized spacial score (nSPS) is 14.6. The summed E-state index contributed by atoms with van der Waals surface area (Å²) in [5.41, 5.74) is 10.8. The molecule has 0 radical (unpaired) electrons. The van der Waals surface area contributed by atoms with Gasteiger partial charge < -0.3 is 30.6 Å². The van der Waals surface area contributed by atoms with E-state index in [2.05, 4.69) is 16.5 Å². The van der Waals surface area contributed by atoms with Crippen molar-refractivity contribution < 1.29 is 72.1 Å². The largest absolute Gasteiger partial charge is 1.00 e. The Balaban J connectivity index is 0.00000552. The van der Waals surface area contributed by atoms with E-state index in [9.17, 15) is 31.0 Å². The molecule has 0 atom stereocenters. The maximum absolute atomic E-state index is 12.9. The first-order valence-electron chi connectivity index (χ1n) is 13.5. The van der Waals surface area contributed by atoms with E-state index in [1.54, 1.807) is 55.4 Å². The van der Waals surface area contributed by atoms with Crippen molar-refractivity contribution in [1.82, 2.24) is 0 Å². The molecule has 0 bridgehead atoms. The van der Waals surface area contributed by atoms with Crippen LogP contribution in [0.3, 0.4) is 0 Å². The van der Waals surface area contributed by atoms with E-state index in [-0.39, 0.29) is 62.4 Å². The van der Waals surface area contributed by atoms with Gasteiger partial charge in [0.15, 0.2) is 0 Å². The van der Waals surface area contributed by atoms with Crippen LogP contribution in [0.5, 0.6) is 0 Å². The van der Waals surface area contributed by atoms with Gasteiger partial charge in [-0.25, -0.2) is 16.8 Å². The Morgan fingerprint density at radius 3 is 1.91 bits per heavy atom. The first kappa shape index (κ1) is 36.4. The van der Waals surface area contributed by atoms with Gasteiger partial charge >= 0.3 is 29.6 Å². The summed E-state index contributed by atoms with van der Waals surface area (Å²) in [6.07, 6.45) is 7.84. The molecule has 0 heterocycles. The summed E-state index contributed by atoms with van der Waals surface area (Å²) in [7, 11) is -6.29. The molecule has 1 aliphatic carbocycles. The summed E-state index contributed by atoms with van der Waals surface area (Å²) < 4.78 is 71.4. The van der Waals surface area contributed by atoms with Crippen molar-refractivity contribution in [2.45, 2.75) is 16.7 Å². The molecule has 0 unspecified atom stereocenters. The third-order valence-corrected chi connectivity index (χ3v) is 9.43. The van der Waals surface area contributed by atoms with Gasteiger partial charge in [-0.2, -0.15) is 0 Å². The van der Waals surface area contributed by atoms with Crippen LogP contribution < -0.4 is 51.0 Å². The average molecular weight is 661 g/mol. The number of aliphatic imine (C=N–C) groups is 1. The van der Waals surface area contributed by atoms with Gasteiger partial charge in [0.05, 0.1) is 34.3 Å². The van der Waals surface area contributed by atoms with Gasteiger partial charge in [-0.15, -0.1) is 0 Å². The second-order valence-electron chi connectivity index (χ2n) is 10.6. The average Bonchev–Trinajstić information content (AvgIpc) is 2.97. The van der Waals surface area contributed by atoms with E-state index in [0.29, 0.717) is 29.8 Å². The van der Waals surface area contributed by atoms with Crippen molar-refractivity contribution in [2.24, 2.45) is 10.4 Å². The fourth-order valence-electron chi connectivity index (χ4n) is 4.98. The molecular weight excluding hydrogens is 627 g/mol. The number of allylic oxidation sites excluding steroid dienone is 3. The van der Waals surface area contributed by atoms with Crippen molar-refractivity contribution in [3.63, 3.8) is 0 Å².